The summed E-state index contributed by atoms with van der Waals surface area (Å²) in [6.07, 6.45) is 4.97. The first-order valence-electron chi connectivity index (χ1n) is 24.4. The average molecular weight is 965 g/mol. The molecule has 2 aromatic heterocycles. The number of hydrogen-bond donors (Lipinski definition) is 4. The fraction of sp³-hybridized carbons (Fsp3) is 0.547. The molecule has 4 aromatic rings. The summed E-state index contributed by atoms with van der Waals surface area (Å²) in [6.45, 7) is 14.6. The third-order valence-corrected chi connectivity index (χ3v) is 14.5. The number of nitrogens with zero attached hydrogens (tertiary/aromatic N) is 6. The number of hydrogen-bond acceptors (Lipinski definition) is 12. The Kier molecular flexibility index (Phi) is 15.2. The number of benzene rings is 2. The van der Waals surface area contributed by atoms with Crippen LogP contribution in [0.3, 0.4) is 0 Å². The van der Waals surface area contributed by atoms with E-state index in [-0.39, 0.29) is 50.7 Å². The minimum Gasteiger partial charge on any atom is -0.508 e. The van der Waals surface area contributed by atoms with E-state index in [2.05, 4.69) is 53.2 Å². The first kappa shape index (κ1) is 52.0. The number of esters is 1. The van der Waals surface area contributed by atoms with E-state index in [1.54, 1.807) is 72.1 Å². The number of methoxy groups -OCH3 is 1. The molecule has 0 aliphatic carbocycles. The Labute approximate surface area is 411 Å². The van der Waals surface area contributed by atoms with Gasteiger partial charge in [0.15, 0.2) is 5.60 Å². The van der Waals surface area contributed by atoms with E-state index in [9.17, 15) is 34.2 Å². The highest BCUT2D eigenvalue weighted by Crippen LogP contribution is 2.41. The number of fused-ring (bicyclic) bond motifs is 6. The van der Waals surface area contributed by atoms with Gasteiger partial charge in [0.2, 0.25) is 11.8 Å². The smallest absolute Gasteiger partial charge is 0.324 e. The molecule has 2 saturated heterocycles. The Morgan fingerprint density at radius 3 is 2.49 bits per heavy atom. The SMILES string of the molecule is CCn1c(-c2cnccc2COC)c2c3cc(ccc31)-c1cc(O)cc(c1)C[C@H](NC(=O)[C@H](C(C)C)N(C)C(=O)C1(O)CCN(C(=O)C(C)(C)N(C)C)C1)C(=O)N1CCC[C@H](N1)C(=O)OCC(C)(C)C2. The summed E-state index contributed by atoms with van der Waals surface area (Å²) in [5.41, 5.74) is 6.71. The number of aryl methyl sites for hydroxylation is 1. The third-order valence-electron chi connectivity index (χ3n) is 14.5. The van der Waals surface area contributed by atoms with Gasteiger partial charge in [0.05, 0.1) is 31.0 Å². The van der Waals surface area contributed by atoms with Gasteiger partial charge in [-0.15, -0.1) is 0 Å². The molecule has 6 bridgehead atoms. The van der Waals surface area contributed by atoms with Crippen LogP contribution in [0.5, 0.6) is 5.75 Å². The number of cyclic esters (lactones) is 1. The maximum absolute atomic E-state index is 14.8. The summed E-state index contributed by atoms with van der Waals surface area (Å²) in [5.74, 6) is -3.13. The number of nitrogens with one attached hydrogen (secondary N) is 2. The highest BCUT2D eigenvalue weighted by Gasteiger charge is 2.50. The molecule has 4 N–H and O–H groups in total. The number of pyridine rings is 1. The largest absolute Gasteiger partial charge is 0.508 e. The highest BCUT2D eigenvalue weighted by molar-refractivity contribution is 5.97. The monoisotopic (exact) mass is 965 g/mol. The van der Waals surface area contributed by atoms with Gasteiger partial charge >= 0.3 is 5.97 Å². The molecule has 0 spiro atoms. The molecule has 378 valence electrons. The Bertz CT molecular complexity index is 2640. The number of aromatic nitrogens is 2. The van der Waals surface area contributed by atoms with E-state index in [4.69, 9.17) is 9.47 Å². The lowest BCUT2D eigenvalue weighted by molar-refractivity contribution is -0.157. The van der Waals surface area contributed by atoms with Gasteiger partial charge in [0, 0.05) is 80.9 Å². The van der Waals surface area contributed by atoms with E-state index in [1.165, 1.54) is 21.9 Å². The number of aliphatic hydroxyl groups is 1. The molecule has 2 aromatic carbocycles. The Morgan fingerprint density at radius 1 is 1.06 bits per heavy atom. The second-order valence-electron chi connectivity index (χ2n) is 21.3. The third kappa shape index (κ3) is 10.4. The minimum atomic E-state index is -1.94. The predicted octanol–water partition coefficient (Wildman–Crippen LogP) is 4.68. The molecular formula is C53H72N8O9. The van der Waals surface area contributed by atoms with Crippen LogP contribution in [-0.4, -0.2) is 153 Å². The molecule has 17 nitrogen and oxygen atoms in total. The second kappa shape index (κ2) is 20.5. The zero-order valence-electron chi connectivity index (χ0n) is 42.7. The molecule has 4 atom stereocenters. The van der Waals surface area contributed by atoms with Crippen LogP contribution in [0.4, 0.5) is 0 Å². The van der Waals surface area contributed by atoms with Crippen LogP contribution >= 0.6 is 0 Å². The van der Waals surface area contributed by atoms with Gasteiger partial charge in [-0.2, -0.15) is 0 Å². The van der Waals surface area contributed by atoms with Crippen molar-refractivity contribution in [3.05, 3.63) is 71.5 Å². The number of hydrazine groups is 1. The number of phenolic OH excluding ortho intramolecular Hbond substituents is 1. The number of aromatic hydroxyl groups is 1. The van der Waals surface area contributed by atoms with E-state index in [1.807, 2.05) is 24.4 Å². The quantitative estimate of drug-likeness (QED) is 0.152. The molecule has 2 fully saturated rings. The van der Waals surface area contributed by atoms with E-state index in [0.29, 0.717) is 43.5 Å². The highest BCUT2D eigenvalue weighted by atomic mass is 16.5. The standard InChI is InChI=1S/C53H72N8O9/c1-12-60-43-16-15-34-26-38(43)39(45(60)40-28-54-19-17-35(40)29-69-11)27-51(4,5)31-70-48(65)41-14-13-20-61(56-41)47(64)42(24-33-22-36(34)25-37(62)23-33)55-46(63)44(32(2)3)58(10)50(67)53(68)18-21-59(30-53)49(66)52(6,7)57(8)9/h15-17,19,22-23,25-26,28,32,41-42,44,56,62,68H,12-14,18,20-21,24,27,29-31H2,1-11H3,(H,55,63)/t41-,42-,44-,53?/m0/s1. The van der Waals surface area contributed by atoms with Gasteiger partial charge in [-0.25, -0.2) is 5.43 Å². The average Bonchev–Trinajstić information content (AvgIpc) is 3.86. The number of carbonyl (C=O) groups is 5. The Morgan fingerprint density at radius 2 is 1.80 bits per heavy atom. The number of ether oxygens (including phenoxy) is 2. The summed E-state index contributed by atoms with van der Waals surface area (Å²) in [5, 5.41) is 28.5. The molecule has 3 aliphatic rings. The Hall–Kier alpha value is -5.88. The molecule has 5 heterocycles. The topological polar surface area (TPSA) is 199 Å². The molecule has 7 rings (SSSR count). The van der Waals surface area contributed by atoms with Crippen molar-refractivity contribution in [2.45, 2.75) is 123 Å². The summed E-state index contributed by atoms with van der Waals surface area (Å²) in [7, 11) is 6.69. The van der Waals surface area contributed by atoms with Crippen molar-refractivity contribution < 1.29 is 43.7 Å². The van der Waals surface area contributed by atoms with Crippen molar-refractivity contribution in [1.29, 1.82) is 0 Å². The van der Waals surface area contributed by atoms with Crippen LogP contribution in [0.2, 0.25) is 0 Å². The van der Waals surface area contributed by atoms with Crippen LogP contribution in [-0.2, 0) is 59.4 Å². The number of amides is 4. The maximum Gasteiger partial charge on any atom is 0.324 e. The van der Waals surface area contributed by atoms with E-state index < -0.39 is 64.3 Å². The number of likely N-dealkylation sites (tertiary alicyclic amines) is 1. The molecule has 0 saturated carbocycles. The van der Waals surface area contributed by atoms with Gasteiger partial charge in [-0.3, -0.25) is 38.9 Å². The van der Waals surface area contributed by atoms with Crippen LogP contribution in [0.15, 0.2) is 54.9 Å². The van der Waals surface area contributed by atoms with Gasteiger partial charge in [0.1, 0.15) is 23.9 Å². The number of carbonyl (C=O) groups excluding carboxylic acids is 5. The predicted molar refractivity (Wildman–Crippen MR) is 266 cm³/mol. The number of likely N-dealkylation sites (N-methyl/N-ethyl adjacent to an activating group) is 2. The van der Waals surface area contributed by atoms with E-state index in [0.717, 1.165) is 38.9 Å². The molecule has 0 radical (unpaired) electrons. The zero-order valence-corrected chi connectivity index (χ0v) is 42.7. The Balaban J connectivity index is 1.28. The fourth-order valence-corrected chi connectivity index (χ4v) is 10.3. The number of rotatable bonds is 11. The second-order valence-corrected chi connectivity index (χ2v) is 21.3. The molecule has 70 heavy (non-hydrogen) atoms. The molecular weight excluding hydrogens is 893 g/mol. The van der Waals surface area contributed by atoms with Crippen molar-refractivity contribution in [2.24, 2.45) is 11.3 Å². The van der Waals surface area contributed by atoms with Crippen molar-refractivity contribution in [2.75, 3.05) is 54.5 Å². The minimum absolute atomic E-state index is 0.0137. The molecule has 4 amide bonds. The molecule has 3 aliphatic heterocycles. The van der Waals surface area contributed by atoms with E-state index >= 15 is 0 Å². The van der Waals surface area contributed by atoms with Crippen LogP contribution in [0.1, 0.15) is 84.4 Å². The normalized spacial score (nSPS) is 21.5. The lowest BCUT2D eigenvalue weighted by Gasteiger charge is -2.38. The fourth-order valence-electron chi connectivity index (χ4n) is 10.3. The van der Waals surface area contributed by atoms with Crippen molar-refractivity contribution in [3.8, 4) is 28.1 Å². The molecule has 17 heteroatoms. The summed E-state index contributed by atoms with van der Waals surface area (Å²) < 4.78 is 14.0. The van der Waals surface area contributed by atoms with Gasteiger partial charge < -0.3 is 39.4 Å². The first-order chi connectivity index (χ1) is 33.0. The van der Waals surface area contributed by atoms with Crippen molar-refractivity contribution >= 4 is 40.5 Å². The van der Waals surface area contributed by atoms with Crippen LogP contribution < -0.4 is 10.7 Å². The maximum atomic E-state index is 14.8. The first-order valence-corrected chi connectivity index (χ1v) is 24.4. The van der Waals surface area contributed by atoms with Crippen molar-refractivity contribution in [3.63, 3.8) is 0 Å². The van der Waals surface area contributed by atoms with Gasteiger partial charge in [0.25, 0.3) is 11.8 Å². The number of β-amino-alcohol motifs (C(OH)–C–C–N with tert-alkyl or cyclic N) is 1. The molecule has 1 unspecified atom stereocenters. The van der Waals surface area contributed by atoms with Crippen molar-refractivity contribution in [1.82, 2.24) is 40.0 Å². The van der Waals surface area contributed by atoms with Crippen LogP contribution in [0.25, 0.3) is 33.3 Å². The van der Waals surface area contributed by atoms with Gasteiger partial charge in [-0.05, 0) is 118 Å². The van der Waals surface area contributed by atoms with Gasteiger partial charge in [-0.1, -0.05) is 39.8 Å². The summed E-state index contributed by atoms with van der Waals surface area (Å²) in [6, 6.07) is 10.1. The number of phenols is 1. The van der Waals surface area contributed by atoms with Crippen LogP contribution in [0, 0.1) is 11.3 Å². The lowest BCUT2D eigenvalue weighted by atomic mass is 9.84. The summed E-state index contributed by atoms with van der Waals surface area (Å²) >= 11 is 0. The lowest BCUT2D eigenvalue weighted by Crippen LogP contribution is -2.63. The zero-order chi connectivity index (χ0) is 51.0. The summed E-state index contributed by atoms with van der Waals surface area (Å²) in [4.78, 5) is 80.2.